The minimum atomic E-state index is -1.08. The van der Waals surface area contributed by atoms with Crippen LogP contribution in [0.25, 0.3) is 0 Å². The summed E-state index contributed by atoms with van der Waals surface area (Å²) in [6.07, 6.45) is -2.29. The lowest BCUT2D eigenvalue weighted by atomic mass is 9.93. The molecule has 2 fully saturated rings. The highest BCUT2D eigenvalue weighted by Crippen LogP contribution is 2.31. The van der Waals surface area contributed by atoms with E-state index < -0.39 is 18.5 Å². The molecule has 0 radical (unpaired) electrons. The van der Waals surface area contributed by atoms with Gasteiger partial charge in [-0.15, -0.1) is 0 Å². The van der Waals surface area contributed by atoms with Crippen molar-refractivity contribution in [2.45, 2.75) is 24.9 Å². The second kappa shape index (κ2) is 2.69. The lowest BCUT2D eigenvalue weighted by molar-refractivity contribution is -0.226. The summed E-state index contributed by atoms with van der Waals surface area (Å²) in [5.74, 6) is -0.685. The zero-order valence-electron chi connectivity index (χ0n) is 6.34. The van der Waals surface area contributed by atoms with E-state index >= 15 is 0 Å². The quantitative estimate of drug-likeness (QED) is 0.443. The van der Waals surface area contributed by atoms with Crippen molar-refractivity contribution < 1.29 is 24.5 Å². The summed E-state index contributed by atoms with van der Waals surface area (Å²) in [4.78, 5) is 10.8. The molecule has 0 bridgehead atoms. The van der Waals surface area contributed by atoms with Crippen molar-refractivity contribution in [1.82, 2.24) is 0 Å². The molecule has 2 aliphatic heterocycles. The number of hydrogen-bond acceptors (Lipinski definition) is 5. The van der Waals surface area contributed by atoms with Crippen molar-refractivity contribution in [3.05, 3.63) is 0 Å². The Bertz CT molecular complexity index is 184. The molecule has 4 unspecified atom stereocenters. The zero-order valence-corrected chi connectivity index (χ0v) is 6.34. The van der Waals surface area contributed by atoms with Crippen molar-refractivity contribution in [1.29, 1.82) is 0 Å². The molecule has 0 aromatic carbocycles. The maximum atomic E-state index is 10.8. The summed E-state index contributed by atoms with van der Waals surface area (Å²) in [7, 11) is 0. The van der Waals surface area contributed by atoms with Crippen molar-refractivity contribution in [2.75, 3.05) is 6.61 Å². The average molecular weight is 174 g/mol. The van der Waals surface area contributed by atoms with Crippen LogP contribution in [-0.4, -0.2) is 41.3 Å². The lowest BCUT2D eigenvalue weighted by Gasteiger charge is -2.31. The van der Waals surface area contributed by atoms with Crippen LogP contribution < -0.4 is 0 Å². The first-order valence-electron chi connectivity index (χ1n) is 3.85. The number of aliphatic hydroxyl groups is 2. The predicted molar refractivity (Wildman–Crippen MR) is 36.0 cm³/mol. The van der Waals surface area contributed by atoms with E-state index in [0.717, 1.165) is 0 Å². The van der Waals surface area contributed by atoms with E-state index in [1.807, 2.05) is 0 Å². The van der Waals surface area contributed by atoms with Gasteiger partial charge in [0.2, 0.25) is 0 Å². The largest absolute Gasteiger partial charge is 0.457 e. The summed E-state index contributed by atoms with van der Waals surface area (Å²) >= 11 is 0. The first kappa shape index (κ1) is 7.97. The van der Waals surface area contributed by atoms with Crippen LogP contribution in [0.15, 0.2) is 0 Å². The zero-order chi connectivity index (χ0) is 8.72. The molecule has 4 atom stereocenters. The second-order valence-electron chi connectivity index (χ2n) is 3.11. The number of esters is 1. The monoisotopic (exact) mass is 174 g/mol. The molecule has 0 saturated carbocycles. The molecule has 0 aromatic rings. The third kappa shape index (κ3) is 1.10. The normalized spacial score (nSPS) is 47.0. The van der Waals surface area contributed by atoms with Crippen molar-refractivity contribution in [3.8, 4) is 0 Å². The van der Waals surface area contributed by atoms with Gasteiger partial charge in [0.05, 0.1) is 19.1 Å². The van der Waals surface area contributed by atoms with Gasteiger partial charge >= 0.3 is 5.97 Å². The van der Waals surface area contributed by atoms with E-state index in [9.17, 15) is 15.0 Å². The maximum absolute atomic E-state index is 10.8. The van der Waals surface area contributed by atoms with Gasteiger partial charge in [-0.2, -0.15) is 0 Å². The van der Waals surface area contributed by atoms with Crippen LogP contribution in [0.1, 0.15) is 6.42 Å². The van der Waals surface area contributed by atoms with Crippen LogP contribution in [-0.2, 0) is 14.3 Å². The van der Waals surface area contributed by atoms with Crippen molar-refractivity contribution >= 4 is 5.97 Å². The van der Waals surface area contributed by atoms with E-state index in [4.69, 9.17) is 9.47 Å². The number of rotatable bonds is 0. The highest BCUT2D eigenvalue weighted by molar-refractivity contribution is 5.72. The Labute approximate surface area is 68.9 Å². The van der Waals surface area contributed by atoms with Gasteiger partial charge < -0.3 is 19.7 Å². The molecule has 12 heavy (non-hydrogen) atoms. The van der Waals surface area contributed by atoms with Crippen LogP contribution in [0.2, 0.25) is 0 Å². The van der Waals surface area contributed by atoms with E-state index in [2.05, 4.69) is 0 Å². The van der Waals surface area contributed by atoms with E-state index in [1.165, 1.54) is 0 Å². The summed E-state index contributed by atoms with van der Waals surface area (Å²) in [5.41, 5.74) is 0. The Morgan fingerprint density at radius 2 is 2.17 bits per heavy atom. The lowest BCUT2D eigenvalue weighted by Crippen LogP contribution is -2.46. The topological polar surface area (TPSA) is 76.0 Å². The molecular weight excluding hydrogens is 164 g/mol. The third-order valence-corrected chi connectivity index (χ3v) is 2.30. The molecule has 0 aliphatic carbocycles. The minimum absolute atomic E-state index is 0.0684. The molecule has 0 aromatic heterocycles. The standard InChI is InChI=1S/C7H10O5/c8-4-2-11-7(10)6-3(4)1-5(9)12-6/h3-4,6-8,10H,1-2H2. The van der Waals surface area contributed by atoms with Gasteiger partial charge in [0.15, 0.2) is 12.4 Å². The number of carbonyl (C=O) groups excluding carboxylic acids is 1. The molecule has 2 rings (SSSR count). The van der Waals surface area contributed by atoms with Gasteiger partial charge in [0.1, 0.15) is 0 Å². The van der Waals surface area contributed by atoms with E-state index in [1.54, 1.807) is 0 Å². The molecule has 5 heteroatoms. The number of fused-ring (bicyclic) bond motifs is 1. The second-order valence-corrected chi connectivity index (χ2v) is 3.11. The smallest absolute Gasteiger partial charge is 0.306 e. The van der Waals surface area contributed by atoms with Gasteiger partial charge in [-0.05, 0) is 0 Å². The van der Waals surface area contributed by atoms with Gasteiger partial charge in [0.25, 0.3) is 0 Å². The van der Waals surface area contributed by atoms with Gasteiger partial charge in [-0.1, -0.05) is 0 Å². The molecule has 2 saturated heterocycles. The molecule has 0 spiro atoms. The van der Waals surface area contributed by atoms with Crippen LogP contribution >= 0.6 is 0 Å². The van der Waals surface area contributed by atoms with Crippen molar-refractivity contribution in [3.63, 3.8) is 0 Å². The fraction of sp³-hybridized carbons (Fsp3) is 0.857. The maximum Gasteiger partial charge on any atom is 0.306 e. The van der Waals surface area contributed by atoms with Crippen LogP contribution in [0.5, 0.6) is 0 Å². The average Bonchev–Trinajstić information content (AvgIpc) is 2.41. The summed E-state index contributed by atoms with van der Waals surface area (Å²) in [5, 5.41) is 18.6. The van der Waals surface area contributed by atoms with Crippen LogP contribution in [0, 0.1) is 5.92 Å². The highest BCUT2D eigenvalue weighted by atomic mass is 16.7. The Hall–Kier alpha value is -0.650. The molecular formula is C7H10O5. The third-order valence-electron chi connectivity index (χ3n) is 2.30. The molecule has 2 N–H and O–H groups in total. The van der Waals surface area contributed by atoms with Crippen molar-refractivity contribution in [2.24, 2.45) is 5.92 Å². The van der Waals surface area contributed by atoms with Gasteiger partial charge in [0, 0.05) is 5.92 Å². The first-order chi connectivity index (χ1) is 5.68. The van der Waals surface area contributed by atoms with E-state index in [-0.39, 0.29) is 24.9 Å². The SMILES string of the molecule is O=C1CC2C(O)COC(O)C2O1. The number of carbonyl (C=O) groups is 1. The summed E-state index contributed by atoms with van der Waals surface area (Å²) < 4.78 is 9.55. The molecule has 68 valence electrons. The number of hydrogen-bond donors (Lipinski definition) is 2. The molecule has 0 amide bonds. The Balaban J connectivity index is 2.14. The summed E-state index contributed by atoms with van der Waals surface area (Å²) in [6.45, 7) is 0.0684. The number of aliphatic hydroxyl groups excluding tert-OH is 2. The van der Waals surface area contributed by atoms with Gasteiger partial charge in [-0.3, -0.25) is 4.79 Å². The predicted octanol–water partition coefficient (Wildman–Crippen LogP) is -1.37. The fourth-order valence-corrected chi connectivity index (χ4v) is 1.64. The fourth-order valence-electron chi connectivity index (χ4n) is 1.64. The Kier molecular flexibility index (Phi) is 1.79. The minimum Gasteiger partial charge on any atom is -0.457 e. The van der Waals surface area contributed by atoms with Crippen LogP contribution in [0.4, 0.5) is 0 Å². The Morgan fingerprint density at radius 3 is 2.83 bits per heavy atom. The number of ether oxygens (including phenoxy) is 2. The van der Waals surface area contributed by atoms with Crippen LogP contribution in [0.3, 0.4) is 0 Å². The van der Waals surface area contributed by atoms with Gasteiger partial charge in [-0.25, -0.2) is 0 Å². The molecule has 2 heterocycles. The first-order valence-corrected chi connectivity index (χ1v) is 3.85. The Morgan fingerprint density at radius 1 is 1.42 bits per heavy atom. The molecule has 5 nitrogen and oxygen atoms in total. The summed E-state index contributed by atoms with van der Waals surface area (Å²) in [6, 6.07) is 0. The van der Waals surface area contributed by atoms with E-state index in [0.29, 0.717) is 0 Å². The highest BCUT2D eigenvalue weighted by Gasteiger charge is 2.47. The molecule has 2 aliphatic rings.